The predicted molar refractivity (Wildman–Crippen MR) is 66.2 cm³/mol. The molecule has 0 amide bonds. The molecule has 0 aliphatic rings. The summed E-state index contributed by atoms with van der Waals surface area (Å²) in [5, 5.41) is 9.40. The molecule has 0 saturated heterocycles. The van der Waals surface area contributed by atoms with Crippen molar-refractivity contribution in [2.75, 3.05) is 13.7 Å². The Balaban J connectivity index is 2.32. The average molecular weight is 250 g/mol. The number of methoxy groups -OCH3 is 1. The number of ether oxygens (including phenoxy) is 1. The van der Waals surface area contributed by atoms with Gasteiger partial charge in [-0.25, -0.2) is 0 Å². The SMILES string of the molecule is CCNC(c1cncc(OC)c1)c1csnn1. The maximum atomic E-state index is 5.18. The Morgan fingerprint density at radius 1 is 1.47 bits per heavy atom. The number of nitrogens with one attached hydrogen (secondary N) is 1. The third kappa shape index (κ3) is 2.78. The Kier molecular flexibility index (Phi) is 4.00. The fourth-order valence-electron chi connectivity index (χ4n) is 1.60. The van der Waals surface area contributed by atoms with Crippen LogP contribution >= 0.6 is 11.5 Å². The van der Waals surface area contributed by atoms with E-state index in [1.807, 2.05) is 17.6 Å². The van der Waals surface area contributed by atoms with Crippen LogP contribution < -0.4 is 10.1 Å². The van der Waals surface area contributed by atoms with Crippen LogP contribution in [-0.2, 0) is 0 Å². The van der Waals surface area contributed by atoms with Crippen LogP contribution in [0.15, 0.2) is 23.8 Å². The number of hydrogen-bond donors (Lipinski definition) is 1. The lowest BCUT2D eigenvalue weighted by atomic mass is 10.1. The van der Waals surface area contributed by atoms with Gasteiger partial charge in [0.1, 0.15) is 5.75 Å². The van der Waals surface area contributed by atoms with Crippen LogP contribution in [0.5, 0.6) is 5.75 Å². The Morgan fingerprint density at radius 3 is 3.00 bits per heavy atom. The van der Waals surface area contributed by atoms with E-state index in [1.54, 1.807) is 13.3 Å². The van der Waals surface area contributed by atoms with Gasteiger partial charge in [0.25, 0.3) is 0 Å². The number of hydrogen-bond acceptors (Lipinski definition) is 6. The largest absolute Gasteiger partial charge is 0.495 e. The minimum Gasteiger partial charge on any atom is -0.495 e. The average Bonchev–Trinajstić information content (AvgIpc) is 2.89. The summed E-state index contributed by atoms with van der Waals surface area (Å²) in [7, 11) is 1.63. The van der Waals surface area contributed by atoms with Crippen molar-refractivity contribution in [1.29, 1.82) is 0 Å². The quantitative estimate of drug-likeness (QED) is 0.874. The first-order chi connectivity index (χ1) is 8.35. The zero-order chi connectivity index (χ0) is 12.1. The van der Waals surface area contributed by atoms with E-state index < -0.39 is 0 Å². The van der Waals surface area contributed by atoms with E-state index in [4.69, 9.17) is 4.74 Å². The minimum absolute atomic E-state index is 0.0151. The summed E-state index contributed by atoms with van der Waals surface area (Å²) in [6.45, 7) is 2.90. The number of pyridine rings is 1. The fourth-order valence-corrected chi connectivity index (χ4v) is 2.08. The fraction of sp³-hybridized carbons (Fsp3) is 0.364. The highest BCUT2D eigenvalue weighted by molar-refractivity contribution is 7.03. The van der Waals surface area contributed by atoms with E-state index >= 15 is 0 Å². The summed E-state index contributed by atoms with van der Waals surface area (Å²) in [5.41, 5.74) is 1.94. The maximum Gasteiger partial charge on any atom is 0.137 e. The van der Waals surface area contributed by atoms with Crippen LogP contribution in [0.4, 0.5) is 0 Å². The first-order valence-electron chi connectivity index (χ1n) is 5.34. The van der Waals surface area contributed by atoms with E-state index in [2.05, 4.69) is 26.8 Å². The van der Waals surface area contributed by atoms with Crippen molar-refractivity contribution in [1.82, 2.24) is 19.9 Å². The van der Waals surface area contributed by atoms with Gasteiger partial charge in [0.15, 0.2) is 0 Å². The van der Waals surface area contributed by atoms with Gasteiger partial charge in [0.05, 0.1) is 25.0 Å². The summed E-state index contributed by atoms with van der Waals surface area (Å²) in [6, 6.07) is 1.97. The van der Waals surface area contributed by atoms with Gasteiger partial charge in [-0.3, -0.25) is 4.98 Å². The second-order valence-corrected chi connectivity index (χ2v) is 4.09. The molecule has 0 aliphatic heterocycles. The molecule has 0 saturated carbocycles. The second-order valence-electron chi connectivity index (χ2n) is 3.48. The zero-order valence-electron chi connectivity index (χ0n) is 9.75. The second kappa shape index (κ2) is 5.70. The zero-order valence-corrected chi connectivity index (χ0v) is 10.6. The van der Waals surface area contributed by atoms with E-state index in [9.17, 15) is 0 Å². The summed E-state index contributed by atoms with van der Waals surface area (Å²) in [6.07, 6.45) is 3.50. The van der Waals surface area contributed by atoms with Crippen LogP contribution in [0, 0.1) is 0 Å². The highest BCUT2D eigenvalue weighted by Gasteiger charge is 2.16. The van der Waals surface area contributed by atoms with E-state index in [1.165, 1.54) is 11.5 Å². The molecule has 0 aromatic carbocycles. The van der Waals surface area contributed by atoms with Crippen LogP contribution in [-0.4, -0.2) is 28.2 Å². The summed E-state index contributed by atoms with van der Waals surface area (Å²) in [5.74, 6) is 0.744. The van der Waals surface area contributed by atoms with Gasteiger partial charge in [-0.05, 0) is 29.7 Å². The van der Waals surface area contributed by atoms with E-state index in [-0.39, 0.29) is 6.04 Å². The van der Waals surface area contributed by atoms with Crippen molar-refractivity contribution >= 4 is 11.5 Å². The Labute approximate surface area is 104 Å². The number of nitrogens with zero attached hydrogens (tertiary/aromatic N) is 3. The molecule has 6 heteroatoms. The Morgan fingerprint density at radius 2 is 2.35 bits per heavy atom. The van der Waals surface area contributed by atoms with Gasteiger partial charge in [-0.15, -0.1) is 5.10 Å². The molecule has 2 aromatic rings. The van der Waals surface area contributed by atoms with Crippen molar-refractivity contribution < 1.29 is 4.74 Å². The highest BCUT2D eigenvalue weighted by atomic mass is 32.1. The number of rotatable bonds is 5. The van der Waals surface area contributed by atoms with Crippen LogP contribution in [0.3, 0.4) is 0 Å². The molecular weight excluding hydrogens is 236 g/mol. The van der Waals surface area contributed by atoms with Gasteiger partial charge in [-0.1, -0.05) is 11.4 Å². The first-order valence-corrected chi connectivity index (χ1v) is 6.18. The van der Waals surface area contributed by atoms with Gasteiger partial charge in [0, 0.05) is 11.6 Å². The molecule has 1 atom stereocenters. The van der Waals surface area contributed by atoms with Crippen molar-refractivity contribution in [3.8, 4) is 5.75 Å². The van der Waals surface area contributed by atoms with Gasteiger partial charge >= 0.3 is 0 Å². The molecule has 0 fully saturated rings. The van der Waals surface area contributed by atoms with Gasteiger partial charge < -0.3 is 10.1 Å². The van der Waals surface area contributed by atoms with E-state index in [0.717, 1.165) is 23.6 Å². The van der Waals surface area contributed by atoms with Crippen LogP contribution in [0.2, 0.25) is 0 Å². The van der Waals surface area contributed by atoms with Crippen molar-refractivity contribution in [2.45, 2.75) is 13.0 Å². The molecule has 1 N–H and O–H groups in total. The van der Waals surface area contributed by atoms with Crippen molar-refractivity contribution in [3.05, 3.63) is 35.1 Å². The molecule has 0 radical (unpaired) electrons. The lowest BCUT2D eigenvalue weighted by molar-refractivity contribution is 0.411. The highest BCUT2D eigenvalue weighted by Crippen LogP contribution is 2.23. The summed E-state index contributed by atoms with van der Waals surface area (Å²) < 4.78 is 9.07. The molecule has 0 aliphatic carbocycles. The van der Waals surface area contributed by atoms with Gasteiger partial charge in [-0.2, -0.15) is 0 Å². The normalized spacial score (nSPS) is 12.4. The predicted octanol–water partition coefficient (Wildman–Crippen LogP) is 1.64. The standard InChI is InChI=1S/C11H14N4OS/c1-3-13-11(10-7-17-15-14-10)8-4-9(16-2)6-12-5-8/h4-7,11,13H,3H2,1-2H3. The number of aromatic nitrogens is 3. The molecule has 2 rings (SSSR count). The molecule has 2 aromatic heterocycles. The van der Waals surface area contributed by atoms with Crippen LogP contribution in [0.1, 0.15) is 24.2 Å². The monoisotopic (exact) mass is 250 g/mol. The van der Waals surface area contributed by atoms with Crippen molar-refractivity contribution in [3.63, 3.8) is 0 Å². The Hall–Kier alpha value is -1.53. The van der Waals surface area contributed by atoms with Crippen molar-refractivity contribution in [2.24, 2.45) is 0 Å². The lowest BCUT2D eigenvalue weighted by Crippen LogP contribution is -2.22. The molecule has 90 valence electrons. The lowest BCUT2D eigenvalue weighted by Gasteiger charge is -2.15. The molecule has 2 heterocycles. The molecule has 0 bridgehead atoms. The smallest absolute Gasteiger partial charge is 0.137 e. The molecule has 1 unspecified atom stereocenters. The first kappa shape index (κ1) is 11.9. The molecule has 0 spiro atoms. The molecule has 17 heavy (non-hydrogen) atoms. The topological polar surface area (TPSA) is 59.9 Å². The molecule has 5 nitrogen and oxygen atoms in total. The van der Waals surface area contributed by atoms with Crippen LogP contribution in [0.25, 0.3) is 0 Å². The van der Waals surface area contributed by atoms with E-state index in [0.29, 0.717) is 0 Å². The maximum absolute atomic E-state index is 5.18. The molecular formula is C11H14N4OS. The van der Waals surface area contributed by atoms with Gasteiger partial charge in [0.2, 0.25) is 0 Å². The minimum atomic E-state index is 0.0151. The summed E-state index contributed by atoms with van der Waals surface area (Å²) >= 11 is 1.35. The third-order valence-electron chi connectivity index (χ3n) is 2.38. The Bertz CT molecular complexity index is 460. The summed E-state index contributed by atoms with van der Waals surface area (Å²) in [4.78, 5) is 4.16. The third-order valence-corrected chi connectivity index (χ3v) is 2.91.